The van der Waals surface area contributed by atoms with Crippen molar-refractivity contribution in [2.24, 2.45) is 0 Å². The molecule has 0 bridgehead atoms. The Bertz CT molecular complexity index is 479. The molecule has 0 saturated carbocycles. The number of hydrogen-bond donors (Lipinski definition) is 1. The Hall–Kier alpha value is -1.55. The molecule has 0 saturated heterocycles. The van der Waals surface area contributed by atoms with Crippen LogP contribution >= 0.6 is 15.9 Å². The molecule has 0 radical (unpaired) electrons. The van der Waals surface area contributed by atoms with Crippen LogP contribution in [0.25, 0.3) is 0 Å². The predicted molar refractivity (Wildman–Crippen MR) is 65.9 cm³/mol. The second-order valence-electron chi connectivity index (χ2n) is 3.83. The first-order chi connectivity index (χ1) is 8.81. The summed E-state index contributed by atoms with van der Waals surface area (Å²) in [4.78, 5) is 11.3. The molecule has 3 nitrogen and oxygen atoms in total. The van der Waals surface area contributed by atoms with E-state index in [0.29, 0.717) is 5.56 Å². The van der Waals surface area contributed by atoms with Crippen LogP contribution in [0.15, 0.2) is 28.7 Å². The van der Waals surface area contributed by atoms with Crippen LogP contribution in [0.4, 0.5) is 13.2 Å². The molecule has 1 aromatic rings. The highest BCUT2D eigenvalue weighted by Crippen LogP contribution is 2.30. The van der Waals surface area contributed by atoms with Crippen LogP contribution in [0.3, 0.4) is 0 Å². The zero-order chi connectivity index (χ0) is 14.5. The summed E-state index contributed by atoms with van der Waals surface area (Å²) in [5, 5.41) is 10.6. The van der Waals surface area contributed by atoms with Crippen molar-refractivity contribution in [3.05, 3.63) is 34.3 Å². The number of nitrogens with zero attached hydrogens (tertiary/aromatic N) is 1. The summed E-state index contributed by atoms with van der Waals surface area (Å²) < 4.78 is 38.2. The van der Waals surface area contributed by atoms with Crippen molar-refractivity contribution in [2.45, 2.75) is 25.1 Å². The fourth-order valence-corrected chi connectivity index (χ4v) is 1.76. The Labute approximate surface area is 116 Å². The second kappa shape index (κ2) is 6.57. The summed E-state index contributed by atoms with van der Waals surface area (Å²) in [7, 11) is 0. The van der Waals surface area contributed by atoms with Crippen molar-refractivity contribution in [2.75, 3.05) is 0 Å². The summed E-state index contributed by atoms with van der Waals surface area (Å²) in [5.74, 6) is -0.723. The molecule has 1 aromatic carbocycles. The number of benzene rings is 1. The Kier molecular flexibility index (Phi) is 5.36. The van der Waals surface area contributed by atoms with E-state index in [1.165, 1.54) is 12.1 Å². The number of halogens is 4. The van der Waals surface area contributed by atoms with Gasteiger partial charge in [-0.05, 0) is 17.7 Å². The lowest BCUT2D eigenvalue weighted by Crippen LogP contribution is -2.31. The van der Waals surface area contributed by atoms with Gasteiger partial charge in [0.2, 0.25) is 5.91 Å². The van der Waals surface area contributed by atoms with E-state index in [1.54, 1.807) is 18.2 Å². The van der Waals surface area contributed by atoms with Gasteiger partial charge in [0.15, 0.2) is 0 Å². The molecular weight excluding hydrogens is 325 g/mol. The van der Waals surface area contributed by atoms with Crippen molar-refractivity contribution in [1.82, 2.24) is 5.32 Å². The third-order valence-corrected chi connectivity index (χ3v) is 2.81. The quantitative estimate of drug-likeness (QED) is 0.916. The Morgan fingerprint density at radius 1 is 1.37 bits per heavy atom. The number of nitriles is 1. The van der Waals surface area contributed by atoms with E-state index in [1.807, 2.05) is 0 Å². The van der Waals surface area contributed by atoms with E-state index in [4.69, 9.17) is 5.26 Å². The number of carbonyl (C=O) groups is 1. The van der Waals surface area contributed by atoms with Crippen molar-refractivity contribution < 1.29 is 18.0 Å². The largest absolute Gasteiger partial charge is 0.391 e. The maximum absolute atomic E-state index is 12.5. The summed E-state index contributed by atoms with van der Waals surface area (Å²) in [6, 6.07) is 6.58. The van der Waals surface area contributed by atoms with Crippen LogP contribution in [0, 0.1) is 11.3 Å². The highest BCUT2D eigenvalue weighted by molar-refractivity contribution is 9.10. The van der Waals surface area contributed by atoms with Gasteiger partial charge >= 0.3 is 6.18 Å². The minimum Gasteiger partial charge on any atom is -0.348 e. The van der Waals surface area contributed by atoms with Gasteiger partial charge in [0, 0.05) is 4.47 Å². The third-order valence-electron chi connectivity index (χ3n) is 2.28. The molecule has 0 aromatic heterocycles. The monoisotopic (exact) mass is 334 g/mol. The van der Waals surface area contributed by atoms with Gasteiger partial charge in [-0.25, -0.2) is 0 Å². The number of amides is 1. The maximum Gasteiger partial charge on any atom is 0.391 e. The Morgan fingerprint density at radius 3 is 2.42 bits per heavy atom. The highest BCUT2D eigenvalue weighted by Gasteiger charge is 2.33. The van der Waals surface area contributed by atoms with Crippen LogP contribution < -0.4 is 5.32 Å². The molecule has 19 heavy (non-hydrogen) atoms. The first kappa shape index (κ1) is 15.5. The zero-order valence-electron chi connectivity index (χ0n) is 9.67. The molecular formula is C12H10BrF3N2O. The molecule has 0 unspecified atom stereocenters. The maximum atomic E-state index is 12.5. The molecule has 7 heteroatoms. The second-order valence-corrected chi connectivity index (χ2v) is 4.74. The number of hydrogen-bond acceptors (Lipinski definition) is 2. The lowest BCUT2D eigenvalue weighted by atomic mass is 10.0. The summed E-state index contributed by atoms with van der Waals surface area (Å²) >= 11 is 3.18. The number of nitrogens with one attached hydrogen (secondary N) is 1. The normalized spacial score (nSPS) is 12.6. The third kappa shape index (κ3) is 5.75. The van der Waals surface area contributed by atoms with E-state index in [0.717, 1.165) is 4.47 Å². The summed E-state index contributed by atoms with van der Waals surface area (Å²) in [5.41, 5.74) is 0.340. The first-order valence-electron chi connectivity index (χ1n) is 5.30. The van der Waals surface area contributed by atoms with Crippen LogP contribution in [0.5, 0.6) is 0 Å². The van der Waals surface area contributed by atoms with E-state index < -0.39 is 31.0 Å². The van der Waals surface area contributed by atoms with Crippen LogP contribution in [0.2, 0.25) is 0 Å². The van der Waals surface area contributed by atoms with Gasteiger partial charge in [-0.1, -0.05) is 28.1 Å². The molecule has 0 fully saturated rings. The molecule has 0 aliphatic carbocycles. The lowest BCUT2D eigenvalue weighted by Gasteiger charge is -2.20. The SMILES string of the molecule is N#CCC(=O)N[C@@H](CC(F)(F)F)c1ccc(Br)cc1. The fraction of sp³-hybridized carbons (Fsp3) is 0.333. The van der Waals surface area contributed by atoms with Crippen molar-refractivity contribution in [3.8, 4) is 6.07 Å². The molecule has 1 amide bonds. The minimum absolute atomic E-state index is 0.340. The van der Waals surface area contributed by atoms with Gasteiger partial charge in [0.25, 0.3) is 0 Å². The van der Waals surface area contributed by atoms with Gasteiger partial charge in [0.1, 0.15) is 6.42 Å². The van der Waals surface area contributed by atoms with Crippen molar-refractivity contribution in [1.29, 1.82) is 5.26 Å². The standard InChI is InChI=1S/C12H10BrF3N2O/c13-9-3-1-8(2-4-9)10(7-12(14,15)16)18-11(19)5-6-17/h1-4,10H,5,7H2,(H,18,19)/t10-/m0/s1. The number of rotatable bonds is 4. The first-order valence-corrected chi connectivity index (χ1v) is 6.09. The fourth-order valence-electron chi connectivity index (χ4n) is 1.50. The van der Waals surface area contributed by atoms with Gasteiger partial charge in [0.05, 0.1) is 18.5 Å². The van der Waals surface area contributed by atoms with E-state index >= 15 is 0 Å². The zero-order valence-corrected chi connectivity index (χ0v) is 11.3. The molecule has 1 N–H and O–H groups in total. The average Bonchev–Trinajstić information content (AvgIpc) is 2.27. The van der Waals surface area contributed by atoms with Gasteiger partial charge in [-0.15, -0.1) is 0 Å². The molecule has 0 heterocycles. The van der Waals surface area contributed by atoms with E-state index in [-0.39, 0.29) is 0 Å². The Balaban J connectivity index is 2.89. The van der Waals surface area contributed by atoms with Crippen LogP contribution in [-0.4, -0.2) is 12.1 Å². The summed E-state index contributed by atoms with van der Waals surface area (Å²) in [6.07, 6.45) is -6.05. The smallest absolute Gasteiger partial charge is 0.348 e. The van der Waals surface area contributed by atoms with Crippen LogP contribution in [0.1, 0.15) is 24.4 Å². The average molecular weight is 335 g/mol. The summed E-state index contributed by atoms with van der Waals surface area (Å²) in [6.45, 7) is 0. The van der Waals surface area contributed by atoms with Crippen molar-refractivity contribution >= 4 is 21.8 Å². The molecule has 102 valence electrons. The van der Waals surface area contributed by atoms with E-state index in [2.05, 4.69) is 21.2 Å². The van der Waals surface area contributed by atoms with E-state index in [9.17, 15) is 18.0 Å². The molecule has 1 atom stereocenters. The highest BCUT2D eigenvalue weighted by atomic mass is 79.9. The van der Waals surface area contributed by atoms with Crippen LogP contribution in [-0.2, 0) is 4.79 Å². The van der Waals surface area contributed by atoms with Gasteiger partial charge in [-0.2, -0.15) is 18.4 Å². The Morgan fingerprint density at radius 2 is 1.95 bits per heavy atom. The minimum atomic E-state index is -4.41. The number of alkyl halides is 3. The molecule has 0 aliphatic rings. The topological polar surface area (TPSA) is 52.9 Å². The predicted octanol–water partition coefficient (Wildman–Crippen LogP) is 3.47. The van der Waals surface area contributed by atoms with Gasteiger partial charge in [-0.3, -0.25) is 4.79 Å². The number of carbonyl (C=O) groups excluding carboxylic acids is 1. The molecule has 1 rings (SSSR count). The lowest BCUT2D eigenvalue weighted by molar-refractivity contribution is -0.142. The van der Waals surface area contributed by atoms with Gasteiger partial charge < -0.3 is 5.32 Å². The molecule has 0 aliphatic heterocycles. The van der Waals surface area contributed by atoms with Crippen molar-refractivity contribution in [3.63, 3.8) is 0 Å². The molecule has 0 spiro atoms.